The monoisotopic (exact) mass is 420 g/mol. The van der Waals surface area contributed by atoms with E-state index in [-0.39, 0.29) is 40.3 Å². The van der Waals surface area contributed by atoms with E-state index in [2.05, 4.69) is 13.8 Å². The van der Waals surface area contributed by atoms with Gasteiger partial charge in [0.2, 0.25) is 3.79 Å². The van der Waals surface area contributed by atoms with Crippen LogP contribution in [0.4, 0.5) is 0 Å². The van der Waals surface area contributed by atoms with Crippen LogP contribution in [0.2, 0.25) is 0 Å². The number of fused-ring (bicyclic) bond motifs is 5. The van der Waals surface area contributed by atoms with Crippen LogP contribution in [0.25, 0.3) is 0 Å². The van der Waals surface area contributed by atoms with Crippen LogP contribution in [0.15, 0.2) is 0 Å². The van der Waals surface area contributed by atoms with E-state index < -0.39 is 9.39 Å². The standard InChI is InChI=1S/C20H27Cl3O3/c1-17-7-8-19(26,20(21,22)23)10-11(17)9-14(24)16-12-3-4-15(25)18(12,2)6-5-13(16)17/h11-13,16,26H,3-10H2,1-2H3/t11-,12+,13-,16-,17+,18+,19+/m1/s1. The summed E-state index contributed by atoms with van der Waals surface area (Å²) < 4.78 is -1.74. The van der Waals surface area contributed by atoms with Crippen LogP contribution in [0.5, 0.6) is 0 Å². The molecule has 3 nitrogen and oxygen atoms in total. The molecule has 0 aromatic rings. The highest BCUT2D eigenvalue weighted by molar-refractivity contribution is 6.68. The van der Waals surface area contributed by atoms with Crippen LogP contribution in [0, 0.1) is 34.5 Å². The fourth-order valence-electron chi connectivity index (χ4n) is 6.96. The summed E-state index contributed by atoms with van der Waals surface area (Å²) >= 11 is 18.2. The van der Waals surface area contributed by atoms with Gasteiger partial charge < -0.3 is 5.11 Å². The first kappa shape index (κ1) is 19.5. The van der Waals surface area contributed by atoms with Gasteiger partial charge in [-0.15, -0.1) is 0 Å². The number of alkyl halides is 3. The maximum Gasteiger partial charge on any atom is 0.218 e. The summed E-state index contributed by atoms with van der Waals surface area (Å²) in [7, 11) is 0. The Bertz CT molecular complexity index is 659. The van der Waals surface area contributed by atoms with Crippen LogP contribution < -0.4 is 0 Å². The Morgan fingerprint density at radius 2 is 1.73 bits per heavy atom. The Morgan fingerprint density at radius 3 is 2.38 bits per heavy atom. The largest absolute Gasteiger partial charge is 0.385 e. The quantitative estimate of drug-likeness (QED) is 0.567. The third kappa shape index (κ3) is 2.49. The van der Waals surface area contributed by atoms with Crippen molar-refractivity contribution in [2.45, 2.75) is 74.6 Å². The highest BCUT2D eigenvalue weighted by atomic mass is 35.6. The summed E-state index contributed by atoms with van der Waals surface area (Å²) in [6.07, 6.45) is 5.24. The molecule has 0 heterocycles. The lowest BCUT2D eigenvalue weighted by Gasteiger charge is -2.61. The predicted octanol–water partition coefficient (Wildman–Crippen LogP) is 4.88. The molecule has 0 aromatic heterocycles. The van der Waals surface area contributed by atoms with Crippen LogP contribution in [0.1, 0.15) is 65.2 Å². The zero-order valence-corrected chi connectivity index (χ0v) is 17.6. The Hall–Kier alpha value is 0.170. The first-order valence-corrected chi connectivity index (χ1v) is 10.9. The number of ketones is 2. The van der Waals surface area contributed by atoms with Gasteiger partial charge in [-0.05, 0) is 61.7 Å². The van der Waals surface area contributed by atoms with Crippen molar-refractivity contribution in [3.63, 3.8) is 0 Å². The topological polar surface area (TPSA) is 54.4 Å². The zero-order valence-electron chi connectivity index (χ0n) is 15.4. The summed E-state index contributed by atoms with van der Waals surface area (Å²) in [6, 6.07) is 0. The normalized spacial score (nSPS) is 51.6. The molecule has 26 heavy (non-hydrogen) atoms. The van der Waals surface area contributed by atoms with Gasteiger partial charge in [0.25, 0.3) is 0 Å². The van der Waals surface area contributed by atoms with Gasteiger partial charge in [-0.25, -0.2) is 0 Å². The third-order valence-corrected chi connectivity index (χ3v) is 9.82. The maximum absolute atomic E-state index is 13.2. The SMILES string of the molecule is C[C@]12CC[C@@](O)(C(Cl)(Cl)Cl)C[C@H]1CC(=O)[C@H]1[C@H]2CC[C@]2(C)C(=O)CC[C@@H]12. The Kier molecular flexibility index (Phi) is 4.38. The van der Waals surface area contributed by atoms with E-state index in [0.717, 1.165) is 25.7 Å². The fourth-order valence-corrected chi connectivity index (χ4v) is 7.47. The van der Waals surface area contributed by atoms with E-state index in [1.54, 1.807) is 0 Å². The molecular weight excluding hydrogens is 395 g/mol. The smallest absolute Gasteiger partial charge is 0.218 e. The van der Waals surface area contributed by atoms with Crippen molar-refractivity contribution in [2.24, 2.45) is 34.5 Å². The minimum Gasteiger partial charge on any atom is -0.385 e. The molecule has 1 N–H and O–H groups in total. The predicted molar refractivity (Wildman–Crippen MR) is 102 cm³/mol. The van der Waals surface area contributed by atoms with Crippen LogP contribution in [0.3, 0.4) is 0 Å². The minimum atomic E-state index is -1.74. The number of Topliss-reactive ketones (excluding diaryl/α,β-unsaturated/α-hetero) is 2. The molecule has 6 heteroatoms. The number of rotatable bonds is 0. The van der Waals surface area contributed by atoms with Crippen LogP contribution in [-0.2, 0) is 9.59 Å². The highest BCUT2D eigenvalue weighted by Gasteiger charge is 2.65. The number of carbonyl (C=O) groups excluding carboxylic acids is 2. The molecule has 0 bridgehead atoms. The van der Waals surface area contributed by atoms with Crippen molar-refractivity contribution in [2.75, 3.05) is 0 Å². The summed E-state index contributed by atoms with van der Waals surface area (Å²) in [5, 5.41) is 10.9. The van der Waals surface area contributed by atoms with E-state index in [1.807, 2.05) is 0 Å². The second kappa shape index (κ2) is 5.84. The zero-order chi connectivity index (χ0) is 19.1. The summed E-state index contributed by atoms with van der Waals surface area (Å²) in [5.41, 5.74) is -1.72. The summed E-state index contributed by atoms with van der Waals surface area (Å²) in [4.78, 5) is 25.7. The molecule has 0 unspecified atom stereocenters. The molecule has 0 aromatic carbocycles. The molecule has 4 aliphatic carbocycles. The van der Waals surface area contributed by atoms with Crippen molar-refractivity contribution in [1.29, 1.82) is 0 Å². The summed E-state index contributed by atoms with van der Waals surface area (Å²) in [6.45, 7) is 4.34. The molecule has 0 amide bonds. The van der Waals surface area contributed by atoms with Crippen LogP contribution in [-0.4, -0.2) is 26.1 Å². The Labute approximate surface area is 170 Å². The lowest BCUT2D eigenvalue weighted by atomic mass is 9.44. The van der Waals surface area contributed by atoms with Gasteiger partial charge in [-0.3, -0.25) is 9.59 Å². The fraction of sp³-hybridized carbons (Fsp3) is 0.900. The van der Waals surface area contributed by atoms with Crippen molar-refractivity contribution >= 4 is 46.4 Å². The molecule has 4 fully saturated rings. The Morgan fingerprint density at radius 1 is 1.04 bits per heavy atom. The molecule has 4 rings (SSSR count). The second-order valence-corrected chi connectivity index (χ2v) is 12.0. The number of hydrogen-bond donors (Lipinski definition) is 1. The van der Waals surface area contributed by atoms with E-state index >= 15 is 0 Å². The maximum atomic E-state index is 13.2. The molecule has 0 spiro atoms. The van der Waals surface area contributed by atoms with Gasteiger partial charge >= 0.3 is 0 Å². The van der Waals surface area contributed by atoms with Gasteiger partial charge in [-0.1, -0.05) is 48.7 Å². The van der Waals surface area contributed by atoms with E-state index in [0.29, 0.717) is 31.5 Å². The van der Waals surface area contributed by atoms with E-state index in [4.69, 9.17) is 34.8 Å². The van der Waals surface area contributed by atoms with Crippen molar-refractivity contribution in [3.8, 4) is 0 Å². The third-order valence-electron chi connectivity index (χ3n) is 8.77. The lowest BCUT2D eigenvalue weighted by Crippen LogP contribution is -2.60. The number of halogens is 3. The molecule has 0 saturated heterocycles. The Balaban J connectivity index is 1.66. The van der Waals surface area contributed by atoms with Crippen molar-refractivity contribution < 1.29 is 14.7 Å². The second-order valence-electron chi connectivity index (χ2n) is 9.76. The number of aliphatic hydroxyl groups is 1. The van der Waals surface area contributed by atoms with Crippen molar-refractivity contribution in [3.05, 3.63) is 0 Å². The average Bonchev–Trinajstić information content (AvgIpc) is 2.84. The van der Waals surface area contributed by atoms with Gasteiger partial charge in [0.05, 0.1) is 0 Å². The molecule has 4 saturated carbocycles. The molecule has 4 aliphatic rings. The number of hydrogen-bond acceptors (Lipinski definition) is 3. The molecule has 7 atom stereocenters. The minimum absolute atomic E-state index is 0.0135. The molecule has 0 aliphatic heterocycles. The lowest BCUT2D eigenvalue weighted by molar-refractivity contribution is -0.167. The molecule has 146 valence electrons. The van der Waals surface area contributed by atoms with Gasteiger partial charge in [0.15, 0.2) is 0 Å². The van der Waals surface area contributed by atoms with Crippen LogP contribution >= 0.6 is 34.8 Å². The first-order chi connectivity index (χ1) is 11.9. The van der Waals surface area contributed by atoms with Crippen molar-refractivity contribution in [1.82, 2.24) is 0 Å². The van der Waals surface area contributed by atoms with E-state index in [1.165, 1.54) is 0 Å². The molecule has 0 radical (unpaired) electrons. The summed E-state index contributed by atoms with van der Waals surface area (Å²) in [5.74, 6) is 1.09. The van der Waals surface area contributed by atoms with E-state index in [9.17, 15) is 14.7 Å². The van der Waals surface area contributed by atoms with Gasteiger partial charge in [0, 0.05) is 24.2 Å². The van der Waals surface area contributed by atoms with Gasteiger partial charge in [-0.2, -0.15) is 0 Å². The average molecular weight is 422 g/mol. The highest BCUT2D eigenvalue weighted by Crippen LogP contribution is 2.66. The number of carbonyl (C=O) groups is 2. The first-order valence-electron chi connectivity index (χ1n) is 9.77. The van der Waals surface area contributed by atoms with Gasteiger partial charge in [0.1, 0.15) is 17.2 Å². The molecular formula is C20H27Cl3O3.